The molecule has 2 fully saturated rings. The predicted molar refractivity (Wildman–Crippen MR) is 148 cm³/mol. The minimum absolute atomic E-state index is 0.136. The average Bonchev–Trinajstić information content (AvgIpc) is 3.39. The summed E-state index contributed by atoms with van der Waals surface area (Å²) in [5, 5.41) is 9.46. The van der Waals surface area contributed by atoms with E-state index in [1.54, 1.807) is 19.2 Å². The minimum atomic E-state index is -0.325. The Morgan fingerprint density at radius 3 is 2.39 bits per heavy atom. The number of amides is 1. The predicted octanol–water partition coefficient (Wildman–Crippen LogP) is 3.77. The van der Waals surface area contributed by atoms with Crippen molar-refractivity contribution < 1.29 is 4.79 Å². The molecule has 5 rings (SSSR count). The number of aromatic nitrogens is 3. The molecular weight excluding hydrogens is 478 g/mol. The number of aryl methyl sites for hydroxylation is 1. The Bertz CT molecular complexity index is 1440. The molecule has 2 aliphatic heterocycles. The lowest BCUT2D eigenvalue weighted by atomic mass is 9.97. The molecule has 0 aliphatic carbocycles. The summed E-state index contributed by atoms with van der Waals surface area (Å²) in [4.78, 5) is 40.7. The van der Waals surface area contributed by atoms with Gasteiger partial charge in [-0.3, -0.25) is 14.3 Å². The molecular formula is C29H35N7O2. The van der Waals surface area contributed by atoms with Crippen molar-refractivity contribution in [3.05, 3.63) is 58.1 Å². The highest BCUT2D eigenvalue weighted by molar-refractivity contribution is 5.95. The van der Waals surface area contributed by atoms with Crippen LogP contribution < -0.4 is 15.5 Å². The van der Waals surface area contributed by atoms with E-state index in [0.29, 0.717) is 35.5 Å². The summed E-state index contributed by atoms with van der Waals surface area (Å²) < 4.78 is 1.49. The summed E-state index contributed by atoms with van der Waals surface area (Å²) in [6, 6.07) is 14.5. The lowest BCUT2D eigenvalue weighted by Gasteiger charge is -2.49. The van der Waals surface area contributed by atoms with Crippen LogP contribution in [0.1, 0.15) is 63.8 Å². The second kappa shape index (κ2) is 10.5. The number of carbonyl (C=O) groups is 1. The van der Waals surface area contributed by atoms with E-state index in [4.69, 9.17) is 0 Å². The van der Waals surface area contributed by atoms with Gasteiger partial charge in [0, 0.05) is 56.9 Å². The van der Waals surface area contributed by atoms with Crippen molar-refractivity contribution in [3.8, 4) is 6.07 Å². The summed E-state index contributed by atoms with van der Waals surface area (Å²) in [5.74, 6) is 0.768. The topological polar surface area (TPSA) is 98.4 Å². The molecule has 1 amide bonds. The van der Waals surface area contributed by atoms with Gasteiger partial charge in [0.25, 0.3) is 0 Å². The average molecular weight is 514 g/mol. The molecule has 2 aliphatic rings. The zero-order chi connectivity index (χ0) is 27.0. The van der Waals surface area contributed by atoms with Gasteiger partial charge in [-0.1, -0.05) is 26.0 Å². The van der Waals surface area contributed by atoms with Crippen molar-refractivity contribution >= 4 is 28.4 Å². The number of pyridine rings is 1. The second-order valence-electron chi connectivity index (χ2n) is 10.3. The SMILES string of the molecule is CCC1CN(C(C)c2ccc(N3CCCC3=O)cc2)[C@H](CC)CN1c1nc(=O)n(C)c2ccc(C#N)nc12. The van der Waals surface area contributed by atoms with E-state index in [1.165, 1.54) is 10.1 Å². The van der Waals surface area contributed by atoms with Crippen LogP contribution in [0.3, 0.4) is 0 Å². The molecule has 0 radical (unpaired) electrons. The summed E-state index contributed by atoms with van der Waals surface area (Å²) in [6.45, 7) is 8.92. The first-order chi connectivity index (χ1) is 18.4. The van der Waals surface area contributed by atoms with Gasteiger partial charge in [0.05, 0.1) is 5.52 Å². The Hall–Kier alpha value is -3.77. The molecule has 198 valence electrons. The maximum atomic E-state index is 12.8. The maximum absolute atomic E-state index is 12.8. The Morgan fingerprint density at radius 2 is 1.76 bits per heavy atom. The van der Waals surface area contributed by atoms with Crippen LogP contribution in [-0.4, -0.2) is 57.1 Å². The number of rotatable bonds is 6. The first-order valence-corrected chi connectivity index (χ1v) is 13.6. The maximum Gasteiger partial charge on any atom is 0.349 e. The van der Waals surface area contributed by atoms with Gasteiger partial charge in [-0.25, -0.2) is 9.78 Å². The van der Waals surface area contributed by atoms with Gasteiger partial charge in [0.1, 0.15) is 17.3 Å². The smallest absolute Gasteiger partial charge is 0.349 e. The highest BCUT2D eigenvalue weighted by atomic mass is 16.2. The number of fused-ring (bicyclic) bond motifs is 1. The molecule has 0 N–H and O–H groups in total. The summed E-state index contributed by atoms with van der Waals surface area (Å²) in [7, 11) is 1.69. The highest BCUT2D eigenvalue weighted by Crippen LogP contribution is 2.34. The molecule has 9 nitrogen and oxygen atoms in total. The van der Waals surface area contributed by atoms with Gasteiger partial charge >= 0.3 is 5.69 Å². The van der Waals surface area contributed by atoms with Crippen LogP contribution in [0.15, 0.2) is 41.2 Å². The monoisotopic (exact) mass is 513 g/mol. The fourth-order valence-corrected chi connectivity index (χ4v) is 5.94. The lowest BCUT2D eigenvalue weighted by Crippen LogP contribution is -2.59. The third-order valence-corrected chi connectivity index (χ3v) is 8.26. The van der Waals surface area contributed by atoms with Gasteiger partial charge in [-0.2, -0.15) is 10.2 Å². The zero-order valence-electron chi connectivity index (χ0n) is 22.6. The van der Waals surface area contributed by atoms with E-state index in [2.05, 4.69) is 70.9 Å². The number of nitrogens with zero attached hydrogens (tertiary/aromatic N) is 7. The number of carbonyl (C=O) groups excluding carboxylic acids is 1. The fourth-order valence-electron chi connectivity index (χ4n) is 5.94. The van der Waals surface area contributed by atoms with Gasteiger partial charge in [0.15, 0.2) is 5.82 Å². The molecule has 3 aromatic rings. The quantitative estimate of drug-likeness (QED) is 0.495. The van der Waals surface area contributed by atoms with Gasteiger partial charge in [-0.05, 0) is 56.0 Å². The standard InChI is InChI=1S/C29H35N7O2/c1-5-22-18-36(28-27-25(33(4)29(38)32-28)14-11-21(16-30)31-27)23(6-2)17-35(22)19(3)20-9-12-24(13-10-20)34-15-7-8-26(34)37/h9-14,19,22-23H,5-8,15,17-18H2,1-4H3/t19?,22-,23?/m1/s1. The Balaban J connectivity index is 1.45. The Kier molecular flexibility index (Phi) is 7.17. The van der Waals surface area contributed by atoms with Crippen LogP contribution >= 0.6 is 0 Å². The summed E-state index contributed by atoms with van der Waals surface area (Å²) in [5.41, 5.74) is 3.45. The van der Waals surface area contributed by atoms with Crippen LogP contribution in [0.4, 0.5) is 11.5 Å². The summed E-state index contributed by atoms with van der Waals surface area (Å²) in [6.07, 6.45) is 3.37. The third-order valence-electron chi connectivity index (χ3n) is 8.26. The first kappa shape index (κ1) is 25.9. The van der Waals surface area contributed by atoms with Gasteiger partial charge in [-0.15, -0.1) is 0 Å². The molecule has 1 aromatic carbocycles. The van der Waals surface area contributed by atoms with E-state index >= 15 is 0 Å². The molecule has 2 aromatic heterocycles. The van der Waals surface area contributed by atoms with Crippen LogP contribution in [0.2, 0.25) is 0 Å². The number of anilines is 2. The normalized spacial score (nSPS) is 21.2. The largest absolute Gasteiger partial charge is 0.349 e. The van der Waals surface area contributed by atoms with Crippen molar-refractivity contribution in [2.75, 3.05) is 29.4 Å². The van der Waals surface area contributed by atoms with Gasteiger partial charge in [0.2, 0.25) is 5.91 Å². The molecule has 2 unspecified atom stereocenters. The molecule has 0 spiro atoms. The minimum Gasteiger partial charge on any atom is -0.349 e. The van der Waals surface area contributed by atoms with Gasteiger partial charge < -0.3 is 9.80 Å². The molecule has 0 bridgehead atoms. The van der Waals surface area contributed by atoms with Crippen molar-refractivity contribution in [1.82, 2.24) is 19.4 Å². The molecule has 2 saturated heterocycles. The van der Waals surface area contributed by atoms with E-state index in [9.17, 15) is 14.9 Å². The van der Waals surface area contributed by atoms with Crippen molar-refractivity contribution in [3.63, 3.8) is 0 Å². The van der Waals surface area contributed by atoms with E-state index in [1.807, 2.05) is 4.90 Å². The van der Waals surface area contributed by atoms with E-state index in [-0.39, 0.29) is 29.7 Å². The van der Waals surface area contributed by atoms with Crippen molar-refractivity contribution in [2.24, 2.45) is 7.05 Å². The highest BCUT2D eigenvalue weighted by Gasteiger charge is 2.37. The zero-order valence-corrected chi connectivity index (χ0v) is 22.6. The summed E-state index contributed by atoms with van der Waals surface area (Å²) >= 11 is 0. The Labute approximate surface area is 223 Å². The molecule has 3 atom stereocenters. The van der Waals surface area contributed by atoms with E-state index in [0.717, 1.165) is 38.0 Å². The van der Waals surface area contributed by atoms with Crippen molar-refractivity contribution in [1.29, 1.82) is 5.26 Å². The van der Waals surface area contributed by atoms with Crippen molar-refractivity contribution in [2.45, 2.75) is 64.6 Å². The number of benzene rings is 1. The lowest BCUT2D eigenvalue weighted by molar-refractivity contribution is -0.117. The molecule has 4 heterocycles. The Morgan fingerprint density at radius 1 is 1.03 bits per heavy atom. The number of hydrogen-bond acceptors (Lipinski definition) is 7. The van der Waals surface area contributed by atoms with Crippen LogP contribution in [-0.2, 0) is 11.8 Å². The third kappa shape index (κ3) is 4.54. The van der Waals surface area contributed by atoms with Crippen LogP contribution in [0.25, 0.3) is 11.0 Å². The first-order valence-electron chi connectivity index (χ1n) is 13.6. The fraction of sp³-hybridized carbons (Fsp3) is 0.483. The van der Waals surface area contributed by atoms with E-state index < -0.39 is 0 Å². The van der Waals surface area contributed by atoms with Crippen LogP contribution in [0, 0.1) is 11.3 Å². The molecule has 0 saturated carbocycles. The molecule has 9 heteroatoms. The number of nitriles is 1. The second-order valence-corrected chi connectivity index (χ2v) is 10.3. The molecule has 38 heavy (non-hydrogen) atoms. The van der Waals surface area contributed by atoms with Crippen LogP contribution in [0.5, 0.6) is 0 Å². The number of hydrogen-bond donors (Lipinski definition) is 0. The number of piperazine rings is 1.